The van der Waals surface area contributed by atoms with Crippen LogP contribution in [0.1, 0.15) is 48.1 Å². The average Bonchev–Trinajstić information content (AvgIpc) is 3.10. The number of hydrogen-bond acceptors (Lipinski definition) is 5. The Morgan fingerprint density at radius 3 is 2.90 bits per heavy atom. The first-order valence-electron chi connectivity index (χ1n) is 7.72. The normalized spacial score (nSPS) is 22.0. The summed E-state index contributed by atoms with van der Waals surface area (Å²) in [6.45, 7) is 6.44. The third-order valence-electron chi connectivity index (χ3n) is 4.50. The van der Waals surface area contributed by atoms with E-state index in [9.17, 15) is 4.79 Å². The maximum atomic E-state index is 11.6. The number of esters is 1. The molecule has 1 aromatic rings. The summed E-state index contributed by atoms with van der Waals surface area (Å²) in [7, 11) is 1.37. The van der Waals surface area contributed by atoms with Crippen molar-refractivity contribution in [2.45, 2.75) is 45.7 Å². The van der Waals surface area contributed by atoms with Gasteiger partial charge in [-0.1, -0.05) is 13.3 Å². The fourth-order valence-corrected chi connectivity index (χ4v) is 3.36. The maximum absolute atomic E-state index is 11.6. The number of aryl methyl sites for hydroxylation is 1. The summed E-state index contributed by atoms with van der Waals surface area (Å²) in [5.41, 5.74) is 6.71. The predicted octanol–water partition coefficient (Wildman–Crippen LogP) is 2.32. The molecule has 0 bridgehead atoms. The molecule has 1 aromatic heterocycles. The largest absolute Gasteiger partial charge is 0.463 e. The summed E-state index contributed by atoms with van der Waals surface area (Å²) in [6.07, 6.45) is 3.65. The van der Waals surface area contributed by atoms with Gasteiger partial charge >= 0.3 is 5.97 Å². The zero-order chi connectivity index (χ0) is 15.4. The molecular formula is C16H26N2O3. The first-order chi connectivity index (χ1) is 10.1. The van der Waals surface area contributed by atoms with E-state index in [0.29, 0.717) is 17.7 Å². The zero-order valence-electron chi connectivity index (χ0n) is 13.2. The van der Waals surface area contributed by atoms with E-state index in [1.807, 2.05) is 13.0 Å². The summed E-state index contributed by atoms with van der Waals surface area (Å²) < 4.78 is 10.4. The van der Waals surface area contributed by atoms with Crippen LogP contribution < -0.4 is 5.73 Å². The van der Waals surface area contributed by atoms with Gasteiger partial charge < -0.3 is 14.9 Å². The molecule has 1 heterocycles. The Hall–Kier alpha value is -1.33. The van der Waals surface area contributed by atoms with Gasteiger partial charge in [-0.25, -0.2) is 4.79 Å². The molecule has 0 aromatic carbocycles. The molecule has 1 fully saturated rings. The fourth-order valence-electron chi connectivity index (χ4n) is 3.36. The van der Waals surface area contributed by atoms with Crippen molar-refractivity contribution in [3.8, 4) is 0 Å². The second-order valence-electron chi connectivity index (χ2n) is 5.77. The van der Waals surface area contributed by atoms with Crippen LogP contribution in [0.2, 0.25) is 0 Å². The zero-order valence-corrected chi connectivity index (χ0v) is 13.2. The highest BCUT2D eigenvalue weighted by molar-refractivity contribution is 5.87. The molecule has 2 unspecified atom stereocenters. The lowest BCUT2D eigenvalue weighted by Gasteiger charge is -2.31. The van der Waals surface area contributed by atoms with Gasteiger partial charge in [0.1, 0.15) is 5.76 Å². The summed E-state index contributed by atoms with van der Waals surface area (Å²) in [5, 5.41) is 0. The van der Waals surface area contributed by atoms with E-state index in [4.69, 9.17) is 14.9 Å². The van der Waals surface area contributed by atoms with Crippen LogP contribution >= 0.6 is 0 Å². The number of methoxy groups -OCH3 is 1. The molecule has 118 valence electrons. The lowest BCUT2D eigenvalue weighted by Crippen LogP contribution is -2.39. The van der Waals surface area contributed by atoms with Gasteiger partial charge in [0.2, 0.25) is 5.76 Å². The molecule has 0 spiro atoms. The maximum Gasteiger partial charge on any atom is 0.374 e. The Labute approximate surface area is 126 Å². The van der Waals surface area contributed by atoms with Crippen LogP contribution in [0.4, 0.5) is 0 Å². The lowest BCUT2D eigenvalue weighted by atomic mass is 10.0. The summed E-state index contributed by atoms with van der Waals surface area (Å²) in [4.78, 5) is 14.0. The molecular weight excluding hydrogens is 268 g/mol. The Morgan fingerprint density at radius 2 is 2.29 bits per heavy atom. The standard InChI is InChI=1S/C16H26N2O3/c1-4-18(14-7-5-6-12(14)9-17)10-13-8-11(2)15(21-13)16(19)20-3/h8,12,14H,4-7,9-10,17H2,1-3H3. The number of hydrogen-bond donors (Lipinski definition) is 1. The van der Waals surface area contributed by atoms with Gasteiger partial charge in [0, 0.05) is 11.6 Å². The Balaban J connectivity index is 2.10. The summed E-state index contributed by atoms with van der Waals surface area (Å²) in [6, 6.07) is 2.45. The molecule has 2 N–H and O–H groups in total. The van der Waals surface area contributed by atoms with E-state index >= 15 is 0 Å². The smallest absolute Gasteiger partial charge is 0.374 e. The van der Waals surface area contributed by atoms with Crippen molar-refractivity contribution in [3.05, 3.63) is 23.2 Å². The number of rotatable bonds is 6. The molecule has 1 aliphatic rings. The first-order valence-corrected chi connectivity index (χ1v) is 7.72. The Bertz CT molecular complexity index is 484. The molecule has 0 aliphatic heterocycles. The quantitative estimate of drug-likeness (QED) is 0.815. The highest BCUT2D eigenvalue weighted by Crippen LogP contribution is 2.30. The Kier molecular flexibility index (Phi) is 5.42. The van der Waals surface area contributed by atoms with E-state index in [1.165, 1.54) is 26.4 Å². The Morgan fingerprint density at radius 1 is 1.52 bits per heavy atom. The molecule has 2 rings (SSSR count). The minimum absolute atomic E-state index is 0.311. The second-order valence-corrected chi connectivity index (χ2v) is 5.77. The van der Waals surface area contributed by atoms with Crippen molar-refractivity contribution in [2.75, 3.05) is 20.2 Å². The van der Waals surface area contributed by atoms with E-state index in [2.05, 4.69) is 11.8 Å². The third kappa shape index (κ3) is 3.47. The van der Waals surface area contributed by atoms with Gasteiger partial charge in [0.05, 0.1) is 13.7 Å². The highest BCUT2D eigenvalue weighted by atomic mass is 16.5. The molecule has 1 aliphatic carbocycles. The minimum Gasteiger partial charge on any atom is -0.463 e. The van der Waals surface area contributed by atoms with Crippen LogP contribution in [0.15, 0.2) is 10.5 Å². The molecule has 5 heteroatoms. The number of nitrogens with zero attached hydrogens (tertiary/aromatic N) is 1. The number of carbonyl (C=O) groups excluding carboxylic acids is 1. The summed E-state index contributed by atoms with van der Waals surface area (Å²) in [5.74, 6) is 1.28. The van der Waals surface area contributed by atoms with Crippen molar-refractivity contribution >= 4 is 5.97 Å². The summed E-state index contributed by atoms with van der Waals surface area (Å²) >= 11 is 0. The van der Waals surface area contributed by atoms with Gasteiger partial charge in [-0.15, -0.1) is 0 Å². The van der Waals surface area contributed by atoms with Crippen molar-refractivity contribution in [1.29, 1.82) is 0 Å². The van der Waals surface area contributed by atoms with Crippen molar-refractivity contribution in [3.63, 3.8) is 0 Å². The van der Waals surface area contributed by atoms with E-state index in [1.54, 1.807) is 0 Å². The van der Waals surface area contributed by atoms with E-state index in [0.717, 1.165) is 31.0 Å². The minimum atomic E-state index is -0.414. The van der Waals surface area contributed by atoms with Gasteiger partial charge in [-0.2, -0.15) is 0 Å². The number of furan rings is 1. The molecule has 5 nitrogen and oxygen atoms in total. The van der Waals surface area contributed by atoms with E-state index < -0.39 is 5.97 Å². The third-order valence-corrected chi connectivity index (χ3v) is 4.50. The van der Waals surface area contributed by atoms with Gasteiger partial charge in [0.15, 0.2) is 0 Å². The predicted molar refractivity (Wildman–Crippen MR) is 81.1 cm³/mol. The molecule has 0 saturated heterocycles. The van der Waals surface area contributed by atoms with Gasteiger partial charge in [-0.3, -0.25) is 4.90 Å². The average molecular weight is 294 g/mol. The van der Waals surface area contributed by atoms with E-state index in [-0.39, 0.29) is 0 Å². The molecule has 0 amide bonds. The second kappa shape index (κ2) is 7.09. The molecule has 2 atom stereocenters. The molecule has 1 saturated carbocycles. The van der Waals surface area contributed by atoms with Crippen LogP contribution in [-0.4, -0.2) is 37.1 Å². The van der Waals surface area contributed by atoms with Crippen LogP contribution in [-0.2, 0) is 11.3 Å². The van der Waals surface area contributed by atoms with Crippen molar-refractivity contribution in [2.24, 2.45) is 11.7 Å². The van der Waals surface area contributed by atoms with Crippen LogP contribution in [0.3, 0.4) is 0 Å². The number of carbonyl (C=O) groups is 1. The van der Waals surface area contributed by atoms with Gasteiger partial charge in [0.25, 0.3) is 0 Å². The van der Waals surface area contributed by atoms with Crippen LogP contribution in [0.25, 0.3) is 0 Å². The fraction of sp³-hybridized carbons (Fsp3) is 0.688. The topological polar surface area (TPSA) is 68.7 Å². The number of nitrogens with two attached hydrogens (primary N) is 1. The first kappa shape index (κ1) is 16.0. The van der Waals surface area contributed by atoms with Gasteiger partial charge in [-0.05, 0) is 44.8 Å². The highest BCUT2D eigenvalue weighted by Gasteiger charge is 2.31. The number of ether oxygens (including phenoxy) is 1. The lowest BCUT2D eigenvalue weighted by molar-refractivity contribution is 0.0558. The van der Waals surface area contributed by atoms with Crippen molar-refractivity contribution in [1.82, 2.24) is 4.90 Å². The van der Waals surface area contributed by atoms with Crippen molar-refractivity contribution < 1.29 is 13.9 Å². The SMILES string of the molecule is CCN(Cc1cc(C)c(C(=O)OC)o1)C1CCCC1CN. The van der Waals surface area contributed by atoms with Crippen LogP contribution in [0, 0.1) is 12.8 Å². The molecule has 0 radical (unpaired) electrons. The van der Waals surface area contributed by atoms with Crippen LogP contribution in [0.5, 0.6) is 0 Å². The monoisotopic (exact) mass is 294 g/mol. The molecule has 21 heavy (non-hydrogen) atoms.